The van der Waals surface area contributed by atoms with Gasteiger partial charge in [0, 0.05) is 6.08 Å². The van der Waals surface area contributed by atoms with E-state index in [0.29, 0.717) is 0 Å². The Labute approximate surface area is 121 Å². The molecule has 7 nitrogen and oxygen atoms in total. The number of carbonyl (C=O) groups is 1. The molecule has 1 unspecified atom stereocenters. The number of aliphatic hydroxyl groups is 5. The second-order valence-electron chi connectivity index (χ2n) is 4.30. The van der Waals surface area contributed by atoms with Crippen molar-refractivity contribution >= 4 is 12.0 Å². The summed E-state index contributed by atoms with van der Waals surface area (Å²) in [6.45, 7) is -0.813. The van der Waals surface area contributed by atoms with Crippen molar-refractivity contribution in [2.45, 2.75) is 24.6 Å². The van der Waals surface area contributed by atoms with Crippen LogP contribution in [-0.2, 0) is 9.53 Å². The van der Waals surface area contributed by atoms with E-state index in [9.17, 15) is 20.1 Å². The minimum atomic E-state index is -2.03. The summed E-state index contributed by atoms with van der Waals surface area (Å²) >= 11 is 0. The fourth-order valence-electron chi connectivity index (χ4n) is 1.46. The zero-order chi connectivity index (χ0) is 15.8. The minimum Gasteiger partial charge on any atom is -0.430 e. The Kier molecular flexibility index (Phi) is 7.00. The van der Waals surface area contributed by atoms with E-state index < -0.39 is 37.2 Å². The molecule has 0 saturated carbocycles. The zero-order valence-electron chi connectivity index (χ0n) is 11.1. The van der Waals surface area contributed by atoms with Gasteiger partial charge >= 0.3 is 5.97 Å². The number of esters is 1. The molecular weight excluding hydrogens is 280 g/mol. The molecule has 0 fully saturated rings. The molecule has 0 aliphatic rings. The highest BCUT2D eigenvalue weighted by atomic mass is 16.6. The van der Waals surface area contributed by atoms with Crippen LogP contribution < -0.4 is 0 Å². The molecular formula is C14H18O7. The van der Waals surface area contributed by atoms with E-state index in [4.69, 9.17) is 10.2 Å². The summed E-state index contributed by atoms with van der Waals surface area (Å²) in [5.74, 6) is -0.934. The monoisotopic (exact) mass is 298 g/mol. The number of rotatable bonds is 7. The molecule has 0 radical (unpaired) electrons. The van der Waals surface area contributed by atoms with Gasteiger partial charge in [0.1, 0.15) is 18.3 Å². The predicted octanol–water partition coefficient (Wildman–Crippen LogP) is -1.36. The van der Waals surface area contributed by atoms with Crippen molar-refractivity contribution in [1.82, 2.24) is 0 Å². The largest absolute Gasteiger partial charge is 0.430 e. The molecule has 5 N–H and O–H groups in total. The average Bonchev–Trinajstić information content (AvgIpc) is 2.51. The third kappa shape index (κ3) is 5.62. The molecule has 0 aliphatic carbocycles. The lowest BCUT2D eigenvalue weighted by molar-refractivity contribution is -0.205. The van der Waals surface area contributed by atoms with E-state index in [1.54, 1.807) is 24.3 Å². The van der Waals surface area contributed by atoms with Crippen molar-refractivity contribution in [3.8, 4) is 0 Å². The molecule has 0 amide bonds. The molecule has 0 aromatic heterocycles. The van der Waals surface area contributed by atoms with E-state index in [2.05, 4.69) is 4.74 Å². The first-order valence-corrected chi connectivity index (χ1v) is 6.22. The first-order chi connectivity index (χ1) is 9.95. The Hall–Kier alpha value is -1.77. The molecule has 116 valence electrons. The molecule has 0 spiro atoms. The van der Waals surface area contributed by atoms with E-state index in [1.165, 1.54) is 6.08 Å². The van der Waals surface area contributed by atoms with Crippen LogP contribution in [0.1, 0.15) is 5.56 Å². The molecule has 7 heteroatoms. The van der Waals surface area contributed by atoms with Crippen molar-refractivity contribution < 1.29 is 35.1 Å². The molecule has 21 heavy (non-hydrogen) atoms. The molecule has 0 heterocycles. The van der Waals surface area contributed by atoms with Gasteiger partial charge in [-0.2, -0.15) is 0 Å². The third-order valence-electron chi connectivity index (χ3n) is 2.67. The van der Waals surface area contributed by atoms with Gasteiger partial charge in [0.2, 0.25) is 6.29 Å². The Morgan fingerprint density at radius 1 is 1.10 bits per heavy atom. The maximum absolute atomic E-state index is 11.4. The van der Waals surface area contributed by atoms with Crippen LogP contribution >= 0.6 is 0 Å². The van der Waals surface area contributed by atoms with E-state index in [-0.39, 0.29) is 0 Å². The Bertz CT molecular complexity index is 460. The van der Waals surface area contributed by atoms with Gasteiger partial charge in [0.25, 0.3) is 0 Å². The SMILES string of the molecule is O=C(/C=C/c1ccccc1)OC(O)[C@@H](O)[C@H](O)[C@H](O)CO. The summed E-state index contributed by atoms with van der Waals surface area (Å²) in [6, 6.07) is 8.85. The highest BCUT2D eigenvalue weighted by Gasteiger charge is 2.32. The number of benzene rings is 1. The molecule has 0 aliphatic heterocycles. The lowest BCUT2D eigenvalue weighted by Crippen LogP contribution is -2.47. The number of ether oxygens (including phenoxy) is 1. The molecule has 0 bridgehead atoms. The van der Waals surface area contributed by atoms with Gasteiger partial charge in [0.05, 0.1) is 6.61 Å². The molecule has 1 aromatic carbocycles. The number of aliphatic hydroxyl groups excluding tert-OH is 5. The third-order valence-corrected chi connectivity index (χ3v) is 2.67. The van der Waals surface area contributed by atoms with Crippen LogP contribution in [0.3, 0.4) is 0 Å². The smallest absolute Gasteiger partial charge is 0.333 e. The molecule has 1 aromatic rings. The van der Waals surface area contributed by atoms with E-state index in [0.717, 1.165) is 11.6 Å². The van der Waals surface area contributed by atoms with Gasteiger partial charge in [-0.3, -0.25) is 0 Å². The molecule has 0 saturated heterocycles. The zero-order valence-corrected chi connectivity index (χ0v) is 11.1. The summed E-state index contributed by atoms with van der Waals surface area (Å²) in [7, 11) is 0. The van der Waals surface area contributed by atoms with E-state index >= 15 is 0 Å². The minimum absolute atomic E-state index is 0.736. The average molecular weight is 298 g/mol. The predicted molar refractivity (Wildman–Crippen MR) is 72.7 cm³/mol. The normalized spacial score (nSPS) is 17.2. The highest BCUT2D eigenvalue weighted by molar-refractivity contribution is 5.87. The topological polar surface area (TPSA) is 127 Å². The highest BCUT2D eigenvalue weighted by Crippen LogP contribution is 2.07. The summed E-state index contributed by atoms with van der Waals surface area (Å²) in [6.07, 6.45) is -5.00. The summed E-state index contributed by atoms with van der Waals surface area (Å²) in [4.78, 5) is 11.4. The van der Waals surface area contributed by atoms with Crippen LogP contribution in [0.5, 0.6) is 0 Å². The second-order valence-corrected chi connectivity index (χ2v) is 4.30. The van der Waals surface area contributed by atoms with Crippen LogP contribution in [0.2, 0.25) is 0 Å². The van der Waals surface area contributed by atoms with Gasteiger partial charge in [0.15, 0.2) is 0 Å². The molecule has 4 atom stereocenters. The van der Waals surface area contributed by atoms with Crippen LogP contribution in [0.4, 0.5) is 0 Å². The lowest BCUT2D eigenvalue weighted by Gasteiger charge is -2.24. The van der Waals surface area contributed by atoms with Gasteiger partial charge in [-0.15, -0.1) is 0 Å². The van der Waals surface area contributed by atoms with Crippen LogP contribution in [0.25, 0.3) is 6.08 Å². The Balaban J connectivity index is 2.52. The van der Waals surface area contributed by atoms with Gasteiger partial charge in [-0.25, -0.2) is 4.79 Å². The first kappa shape index (κ1) is 17.3. The Morgan fingerprint density at radius 3 is 2.29 bits per heavy atom. The summed E-state index contributed by atoms with van der Waals surface area (Å²) in [5, 5.41) is 45.9. The van der Waals surface area contributed by atoms with Crippen LogP contribution in [0, 0.1) is 0 Å². The van der Waals surface area contributed by atoms with E-state index in [1.807, 2.05) is 6.07 Å². The Morgan fingerprint density at radius 2 is 1.71 bits per heavy atom. The van der Waals surface area contributed by atoms with Crippen molar-refractivity contribution in [3.63, 3.8) is 0 Å². The standard InChI is InChI=1S/C14H18O7/c15-8-10(16)12(18)13(19)14(20)21-11(17)7-6-9-4-2-1-3-5-9/h1-7,10,12-16,18-20H,8H2/b7-6+/t10-,12-,13+,14?/m1/s1. The summed E-state index contributed by atoms with van der Waals surface area (Å²) < 4.78 is 4.48. The maximum atomic E-state index is 11.4. The quantitative estimate of drug-likeness (QED) is 0.239. The van der Waals surface area contributed by atoms with Crippen LogP contribution in [0.15, 0.2) is 36.4 Å². The fourth-order valence-corrected chi connectivity index (χ4v) is 1.46. The van der Waals surface area contributed by atoms with Gasteiger partial charge < -0.3 is 30.3 Å². The fraction of sp³-hybridized carbons (Fsp3) is 0.357. The van der Waals surface area contributed by atoms with Gasteiger partial charge in [-0.05, 0) is 11.6 Å². The number of carbonyl (C=O) groups excluding carboxylic acids is 1. The first-order valence-electron chi connectivity index (χ1n) is 6.22. The van der Waals surface area contributed by atoms with Gasteiger partial charge in [-0.1, -0.05) is 30.3 Å². The van der Waals surface area contributed by atoms with Crippen molar-refractivity contribution in [3.05, 3.63) is 42.0 Å². The number of hydrogen-bond donors (Lipinski definition) is 5. The molecule has 1 rings (SSSR count). The van der Waals surface area contributed by atoms with Crippen molar-refractivity contribution in [2.24, 2.45) is 0 Å². The second kappa shape index (κ2) is 8.50. The summed E-state index contributed by atoms with van der Waals surface area (Å²) in [5.41, 5.74) is 0.736. The van der Waals surface area contributed by atoms with Crippen LogP contribution in [-0.4, -0.2) is 62.7 Å². The van der Waals surface area contributed by atoms with Crippen molar-refractivity contribution in [1.29, 1.82) is 0 Å². The van der Waals surface area contributed by atoms with Crippen molar-refractivity contribution in [2.75, 3.05) is 6.61 Å². The maximum Gasteiger partial charge on any atom is 0.333 e. The lowest BCUT2D eigenvalue weighted by atomic mass is 10.1. The number of hydrogen-bond acceptors (Lipinski definition) is 7.